The van der Waals surface area contributed by atoms with Crippen molar-refractivity contribution >= 4 is 16.8 Å². The van der Waals surface area contributed by atoms with Gasteiger partial charge in [0, 0.05) is 43.3 Å². The Bertz CT molecular complexity index is 745. The number of para-hydroxylation sites is 1. The van der Waals surface area contributed by atoms with Gasteiger partial charge in [0.2, 0.25) is 5.91 Å². The van der Waals surface area contributed by atoms with Gasteiger partial charge in [0.1, 0.15) is 0 Å². The summed E-state index contributed by atoms with van der Waals surface area (Å²) in [5, 5.41) is 1.23. The van der Waals surface area contributed by atoms with Crippen LogP contribution >= 0.6 is 0 Å². The Morgan fingerprint density at radius 3 is 2.76 bits per heavy atom. The molecule has 25 heavy (non-hydrogen) atoms. The van der Waals surface area contributed by atoms with Crippen molar-refractivity contribution < 1.29 is 4.79 Å². The van der Waals surface area contributed by atoms with Crippen LogP contribution in [0.5, 0.6) is 0 Å². The third-order valence-electron chi connectivity index (χ3n) is 5.91. The second kappa shape index (κ2) is 7.20. The van der Waals surface area contributed by atoms with E-state index in [1.54, 1.807) is 0 Å². The molecule has 4 nitrogen and oxygen atoms in total. The highest BCUT2D eigenvalue weighted by molar-refractivity contribution is 5.89. The van der Waals surface area contributed by atoms with Gasteiger partial charge in [-0.15, -0.1) is 0 Å². The first-order valence-electron chi connectivity index (χ1n) is 9.81. The number of hydrogen-bond acceptors (Lipinski definition) is 2. The molecule has 2 saturated heterocycles. The predicted molar refractivity (Wildman–Crippen MR) is 102 cm³/mol. The van der Waals surface area contributed by atoms with Crippen molar-refractivity contribution in [2.24, 2.45) is 5.92 Å². The maximum absolute atomic E-state index is 12.8. The maximum Gasteiger partial charge on any atom is 0.227 e. The standard InChI is InChI=1S/C21H29N3O/c1-2-23-16-18(19-7-3-4-8-20(19)23)13-21(25)24-12-9-17(15-24)14-22-10-5-6-11-22/h3-4,7-8,16-17H,2,5-6,9-15H2,1H3/t17-/m0/s1. The largest absolute Gasteiger partial charge is 0.347 e. The summed E-state index contributed by atoms with van der Waals surface area (Å²) in [6.07, 6.45) is 6.55. The molecule has 4 heteroatoms. The topological polar surface area (TPSA) is 28.5 Å². The number of carbonyl (C=O) groups excluding carboxylic acids is 1. The summed E-state index contributed by atoms with van der Waals surface area (Å²) >= 11 is 0. The fraction of sp³-hybridized carbons (Fsp3) is 0.571. The second-order valence-corrected chi connectivity index (χ2v) is 7.64. The molecule has 2 aliphatic rings. The summed E-state index contributed by atoms with van der Waals surface area (Å²) in [5.74, 6) is 0.960. The molecular weight excluding hydrogens is 310 g/mol. The van der Waals surface area contributed by atoms with Crippen LogP contribution in [0.4, 0.5) is 0 Å². The fourth-order valence-corrected chi connectivity index (χ4v) is 4.54. The molecule has 0 saturated carbocycles. The average Bonchev–Trinajstić information content (AvgIpc) is 3.36. The minimum absolute atomic E-state index is 0.294. The molecule has 1 amide bonds. The lowest BCUT2D eigenvalue weighted by atomic mass is 10.1. The predicted octanol–water partition coefficient (Wildman–Crippen LogP) is 3.15. The van der Waals surface area contributed by atoms with Crippen LogP contribution in [0.3, 0.4) is 0 Å². The van der Waals surface area contributed by atoms with Crippen LogP contribution < -0.4 is 0 Å². The van der Waals surface area contributed by atoms with Crippen molar-refractivity contribution in [1.29, 1.82) is 0 Å². The van der Waals surface area contributed by atoms with Gasteiger partial charge in [0.15, 0.2) is 0 Å². The number of likely N-dealkylation sites (tertiary alicyclic amines) is 2. The van der Waals surface area contributed by atoms with E-state index in [1.807, 2.05) is 0 Å². The van der Waals surface area contributed by atoms with Gasteiger partial charge in [-0.3, -0.25) is 4.79 Å². The fourth-order valence-electron chi connectivity index (χ4n) is 4.54. The van der Waals surface area contributed by atoms with E-state index >= 15 is 0 Å². The molecule has 1 atom stereocenters. The molecule has 2 fully saturated rings. The normalized spacial score (nSPS) is 21.5. The summed E-state index contributed by atoms with van der Waals surface area (Å²) in [6.45, 7) is 8.66. The average molecular weight is 339 g/mol. The van der Waals surface area contributed by atoms with E-state index in [4.69, 9.17) is 0 Å². The molecule has 2 aliphatic heterocycles. The minimum Gasteiger partial charge on any atom is -0.347 e. The molecule has 2 aromatic rings. The number of amides is 1. The van der Waals surface area contributed by atoms with Crippen LogP contribution in [-0.4, -0.2) is 53.0 Å². The zero-order valence-electron chi connectivity index (χ0n) is 15.3. The summed E-state index contributed by atoms with van der Waals surface area (Å²) in [6, 6.07) is 8.43. The number of nitrogens with zero attached hydrogens (tertiary/aromatic N) is 3. The Kier molecular flexibility index (Phi) is 4.80. The van der Waals surface area contributed by atoms with E-state index in [0.717, 1.165) is 19.6 Å². The molecule has 0 radical (unpaired) electrons. The molecule has 1 aromatic heterocycles. The molecule has 0 N–H and O–H groups in total. The lowest BCUT2D eigenvalue weighted by Gasteiger charge is -2.20. The second-order valence-electron chi connectivity index (χ2n) is 7.64. The first-order chi connectivity index (χ1) is 12.2. The molecule has 0 unspecified atom stereocenters. The molecular formula is C21H29N3O. The van der Waals surface area contributed by atoms with Crippen LogP contribution in [-0.2, 0) is 17.8 Å². The summed E-state index contributed by atoms with van der Waals surface area (Å²) in [4.78, 5) is 17.5. The Labute approximate surface area is 150 Å². The van der Waals surface area contributed by atoms with Crippen LogP contribution in [0.15, 0.2) is 30.5 Å². The van der Waals surface area contributed by atoms with E-state index in [1.165, 1.54) is 55.4 Å². The van der Waals surface area contributed by atoms with Crippen LogP contribution in [0.25, 0.3) is 10.9 Å². The molecule has 1 aromatic carbocycles. The van der Waals surface area contributed by atoms with Gasteiger partial charge in [-0.2, -0.15) is 0 Å². The third-order valence-corrected chi connectivity index (χ3v) is 5.91. The Morgan fingerprint density at radius 2 is 1.96 bits per heavy atom. The van der Waals surface area contributed by atoms with E-state index < -0.39 is 0 Å². The molecule has 134 valence electrons. The SMILES string of the molecule is CCn1cc(CC(=O)N2CC[C@@H](CN3CCCC3)C2)c2ccccc21. The summed E-state index contributed by atoms with van der Waals surface area (Å²) in [7, 11) is 0. The number of fused-ring (bicyclic) bond motifs is 1. The Balaban J connectivity index is 1.41. The quantitative estimate of drug-likeness (QED) is 0.837. The Hall–Kier alpha value is -1.81. The number of carbonyl (C=O) groups is 1. The number of rotatable bonds is 5. The van der Waals surface area contributed by atoms with Crippen LogP contribution in [0.2, 0.25) is 0 Å². The minimum atomic E-state index is 0.294. The van der Waals surface area contributed by atoms with E-state index in [2.05, 4.69) is 51.8 Å². The number of benzene rings is 1. The number of hydrogen-bond donors (Lipinski definition) is 0. The zero-order valence-corrected chi connectivity index (χ0v) is 15.3. The van der Waals surface area contributed by atoms with Crippen LogP contribution in [0, 0.1) is 5.92 Å². The van der Waals surface area contributed by atoms with E-state index in [9.17, 15) is 4.79 Å². The molecule has 0 aliphatic carbocycles. The summed E-state index contributed by atoms with van der Waals surface area (Å²) in [5.41, 5.74) is 2.41. The highest BCUT2D eigenvalue weighted by Gasteiger charge is 2.28. The molecule has 3 heterocycles. The van der Waals surface area contributed by atoms with E-state index in [-0.39, 0.29) is 0 Å². The lowest BCUT2D eigenvalue weighted by molar-refractivity contribution is -0.129. The smallest absolute Gasteiger partial charge is 0.227 e. The van der Waals surface area contributed by atoms with Crippen molar-refractivity contribution in [1.82, 2.24) is 14.4 Å². The Morgan fingerprint density at radius 1 is 1.16 bits per heavy atom. The van der Waals surface area contributed by atoms with Gasteiger partial charge < -0.3 is 14.4 Å². The number of aryl methyl sites for hydroxylation is 1. The van der Waals surface area contributed by atoms with Gasteiger partial charge >= 0.3 is 0 Å². The van der Waals surface area contributed by atoms with E-state index in [0.29, 0.717) is 18.2 Å². The van der Waals surface area contributed by atoms with Gasteiger partial charge in [-0.05, 0) is 56.8 Å². The zero-order chi connectivity index (χ0) is 17.2. The van der Waals surface area contributed by atoms with Crippen LogP contribution in [0.1, 0.15) is 31.7 Å². The van der Waals surface area contributed by atoms with Crippen molar-refractivity contribution in [2.75, 3.05) is 32.7 Å². The van der Waals surface area contributed by atoms with Crippen molar-refractivity contribution in [2.45, 2.75) is 39.2 Å². The molecule has 0 spiro atoms. The first-order valence-corrected chi connectivity index (χ1v) is 9.81. The molecule has 4 rings (SSSR count). The highest BCUT2D eigenvalue weighted by atomic mass is 16.2. The third kappa shape index (κ3) is 3.45. The van der Waals surface area contributed by atoms with Crippen molar-refractivity contribution in [3.05, 3.63) is 36.0 Å². The highest BCUT2D eigenvalue weighted by Crippen LogP contribution is 2.24. The maximum atomic E-state index is 12.8. The first kappa shape index (κ1) is 16.6. The monoisotopic (exact) mass is 339 g/mol. The lowest BCUT2D eigenvalue weighted by Crippen LogP contribution is -2.32. The number of aromatic nitrogens is 1. The van der Waals surface area contributed by atoms with Gasteiger partial charge in [-0.25, -0.2) is 0 Å². The van der Waals surface area contributed by atoms with Gasteiger partial charge in [0.25, 0.3) is 0 Å². The summed E-state index contributed by atoms with van der Waals surface area (Å²) < 4.78 is 2.25. The van der Waals surface area contributed by atoms with Gasteiger partial charge in [0.05, 0.1) is 6.42 Å². The van der Waals surface area contributed by atoms with Gasteiger partial charge in [-0.1, -0.05) is 18.2 Å². The van der Waals surface area contributed by atoms with Crippen molar-refractivity contribution in [3.63, 3.8) is 0 Å². The van der Waals surface area contributed by atoms with Crippen molar-refractivity contribution in [3.8, 4) is 0 Å². The molecule has 0 bridgehead atoms.